The fourth-order valence-corrected chi connectivity index (χ4v) is 2.39. The highest BCUT2D eigenvalue weighted by molar-refractivity contribution is 6.31. The molecule has 0 saturated carbocycles. The van der Waals surface area contributed by atoms with Gasteiger partial charge in [0.25, 0.3) is 0 Å². The van der Waals surface area contributed by atoms with E-state index in [0.29, 0.717) is 11.6 Å². The molecule has 0 heterocycles. The molecular formula is C15H23ClFNO. The van der Waals surface area contributed by atoms with Crippen molar-refractivity contribution in [3.63, 3.8) is 0 Å². The van der Waals surface area contributed by atoms with Crippen molar-refractivity contribution in [2.24, 2.45) is 0 Å². The van der Waals surface area contributed by atoms with Crippen molar-refractivity contribution >= 4 is 11.6 Å². The molecule has 1 aromatic rings. The van der Waals surface area contributed by atoms with Crippen LogP contribution in [-0.4, -0.2) is 19.3 Å². The summed E-state index contributed by atoms with van der Waals surface area (Å²) in [6, 6.07) is 4.40. The zero-order chi connectivity index (χ0) is 14.3. The minimum absolute atomic E-state index is 0.00384. The van der Waals surface area contributed by atoms with Crippen molar-refractivity contribution in [3.8, 4) is 0 Å². The maximum Gasteiger partial charge on any atom is 0.123 e. The Kier molecular flexibility index (Phi) is 7.36. The number of rotatable bonds is 8. The Morgan fingerprint density at radius 2 is 2.05 bits per heavy atom. The second kappa shape index (κ2) is 8.51. The van der Waals surface area contributed by atoms with Gasteiger partial charge < -0.3 is 10.1 Å². The molecule has 0 saturated heterocycles. The number of ether oxygens (including phenoxy) is 1. The molecule has 0 fully saturated rings. The summed E-state index contributed by atoms with van der Waals surface area (Å²) in [4.78, 5) is 0. The van der Waals surface area contributed by atoms with Gasteiger partial charge in [-0.1, -0.05) is 25.4 Å². The van der Waals surface area contributed by atoms with Crippen molar-refractivity contribution in [3.05, 3.63) is 34.6 Å². The zero-order valence-corrected chi connectivity index (χ0v) is 12.6. The molecule has 0 radical (unpaired) electrons. The van der Waals surface area contributed by atoms with Gasteiger partial charge in [0.05, 0.1) is 12.1 Å². The summed E-state index contributed by atoms with van der Waals surface area (Å²) in [6.45, 7) is 7.61. The van der Waals surface area contributed by atoms with E-state index in [2.05, 4.69) is 19.2 Å². The Hall–Kier alpha value is -0.640. The highest BCUT2D eigenvalue weighted by Gasteiger charge is 2.24. The van der Waals surface area contributed by atoms with Crippen LogP contribution in [0.5, 0.6) is 0 Å². The summed E-state index contributed by atoms with van der Waals surface area (Å²) >= 11 is 6.21. The molecule has 0 amide bonds. The SMILES string of the molecule is CCCNC(c1cc(F)ccc1Cl)C(CC)OCC. The lowest BCUT2D eigenvalue weighted by atomic mass is 9.99. The van der Waals surface area contributed by atoms with Gasteiger partial charge in [-0.3, -0.25) is 0 Å². The van der Waals surface area contributed by atoms with Gasteiger partial charge in [0.2, 0.25) is 0 Å². The van der Waals surface area contributed by atoms with E-state index in [4.69, 9.17) is 16.3 Å². The molecule has 0 aliphatic carbocycles. The molecule has 2 nitrogen and oxygen atoms in total. The van der Waals surface area contributed by atoms with Crippen molar-refractivity contribution in [1.29, 1.82) is 0 Å². The summed E-state index contributed by atoms with van der Waals surface area (Å²) in [5, 5.41) is 3.99. The highest BCUT2D eigenvalue weighted by Crippen LogP contribution is 2.29. The van der Waals surface area contributed by atoms with Gasteiger partial charge in [-0.25, -0.2) is 4.39 Å². The average molecular weight is 288 g/mol. The fraction of sp³-hybridized carbons (Fsp3) is 0.600. The van der Waals surface area contributed by atoms with Crippen LogP contribution in [0.2, 0.25) is 5.02 Å². The van der Waals surface area contributed by atoms with E-state index < -0.39 is 0 Å². The number of nitrogens with one attached hydrogen (secondary N) is 1. The lowest BCUT2D eigenvalue weighted by Crippen LogP contribution is -2.34. The summed E-state index contributed by atoms with van der Waals surface area (Å²) in [7, 11) is 0. The first-order valence-corrected chi connectivity index (χ1v) is 7.31. The first-order chi connectivity index (χ1) is 9.13. The average Bonchev–Trinajstić information content (AvgIpc) is 2.41. The number of hydrogen-bond donors (Lipinski definition) is 1. The van der Waals surface area contributed by atoms with E-state index in [-0.39, 0.29) is 18.0 Å². The first-order valence-electron chi connectivity index (χ1n) is 6.93. The first kappa shape index (κ1) is 16.4. The number of benzene rings is 1. The van der Waals surface area contributed by atoms with Gasteiger partial charge >= 0.3 is 0 Å². The van der Waals surface area contributed by atoms with Crippen LogP contribution >= 0.6 is 11.6 Å². The molecule has 4 heteroatoms. The lowest BCUT2D eigenvalue weighted by Gasteiger charge is -2.28. The third kappa shape index (κ3) is 4.75. The Bertz CT molecular complexity index is 386. The molecule has 19 heavy (non-hydrogen) atoms. The van der Waals surface area contributed by atoms with Crippen LogP contribution in [0.3, 0.4) is 0 Å². The molecular weight excluding hydrogens is 265 g/mol. The van der Waals surface area contributed by atoms with Crippen molar-refractivity contribution in [2.45, 2.75) is 45.8 Å². The largest absolute Gasteiger partial charge is 0.377 e. The van der Waals surface area contributed by atoms with Gasteiger partial charge in [-0.15, -0.1) is 0 Å². The second-order valence-corrected chi connectivity index (χ2v) is 4.91. The molecule has 1 aromatic carbocycles. The molecule has 1 rings (SSSR count). The standard InChI is InChI=1S/C15H23ClFNO/c1-4-9-18-15(14(5-2)19-6-3)12-10-11(17)7-8-13(12)16/h7-8,10,14-15,18H,4-6,9H2,1-3H3. The van der Waals surface area contributed by atoms with Crippen LogP contribution < -0.4 is 5.32 Å². The van der Waals surface area contributed by atoms with Gasteiger partial charge in [0.15, 0.2) is 0 Å². The normalized spacial score (nSPS) is 14.4. The van der Waals surface area contributed by atoms with E-state index in [1.54, 1.807) is 6.07 Å². The summed E-state index contributed by atoms with van der Waals surface area (Å²) in [6.07, 6.45) is 1.85. The molecule has 108 valence electrons. The molecule has 2 atom stereocenters. The van der Waals surface area contributed by atoms with Crippen LogP contribution in [0.25, 0.3) is 0 Å². The zero-order valence-electron chi connectivity index (χ0n) is 11.9. The molecule has 0 aromatic heterocycles. The maximum atomic E-state index is 13.5. The molecule has 0 bridgehead atoms. The molecule has 0 aliphatic heterocycles. The van der Waals surface area contributed by atoms with E-state index >= 15 is 0 Å². The van der Waals surface area contributed by atoms with Crippen LogP contribution in [0, 0.1) is 5.82 Å². The van der Waals surface area contributed by atoms with Crippen molar-refractivity contribution in [1.82, 2.24) is 5.32 Å². The third-order valence-corrected chi connectivity index (χ3v) is 3.41. The molecule has 2 unspecified atom stereocenters. The monoisotopic (exact) mass is 287 g/mol. The van der Waals surface area contributed by atoms with Crippen molar-refractivity contribution in [2.75, 3.05) is 13.2 Å². The Morgan fingerprint density at radius 1 is 1.32 bits per heavy atom. The van der Waals surface area contributed by atoms with E-state index in [1.165, 1.54) is 12.1 Å². The minimum atomic E-state index is -0.269. The van der Waals surface area contributed by atoms with Crippen LogP contribution in [0.15, 0.2) is 18.2 Å². The van der Waals surface area contributed by atoms with Crippen LogP contribution in [-0.2, 0) is 4.74 Å². The van der Waals surface area contributed by atoms with Gasteiger partial charge in [-0.05, 0) is 50.1 Å². The van der Waals surface area contributed by atoms with Gasteiger partial charge in [-0.2, -0.15) is 0 Å². The molecule has 1 N–H and O–H groups in total. The van der Waals surface area contributed by atoms with E-state index in [9.17, 15) is 4.39 Å². The topological polar surface area (TPSA) is 21.3 Å². The quantitative estimate of drug-likeness (QED) is 0.768. The highest BCUT2D eigenvalue weighted by atomic mass is 35.5. The van der Waals surface area contributed by atoms with Crippen LogP contribution in [0.4, 0.5) is 4.39 Å². The van der Waals surface area contributed by atoms with Crippen LogP contribution in [0.1, 0.15) is 45.2 Å². The van der Waals surface area contributed by atoms with E-state index in [1.807, 2.05) is 6.92 Å². The van der Waals surface area contributed by atoms with Gasteiger partial charge in [0, 0.05) is 11.6 Å². The third-order valence-electron chi connectivity index (χ3n) is 3.06. The Labute approximate surface area is 120 Å². The smallest absolute Gasteiger partial charge is 0.123 e. The van der Waals surface area contributed by atoms with E-state index in [0.717, 1.165) is 24.9 Å². The Balaban J connectivity index is 3.03. The summed E-state index contributed by atoms with van der Waals surface area (Å²) in [5.41, 5.74) is 0.774. The minimum Gasteiger partial charge on any atom is -0.377 e. The summed E-state index contributed by atoms with van der Waals surface area (Å²) < 4.78 is 19.2. The predicted octanol–water partition coefficient (Wildman–Crippen LogP) is 4.33. The second-order valence-electron chi connectivity index (χ2n) is 4.50. The fourth-order valence-electron chi connectivity index (χ4n) is 2.16. The predicted molar refractivity (Wildman–Crippen MR) is 78.1 cm³/mol. The lowest BCUT2D eigenvalue weighted by molar-refractivity contribution is 0.0314. The molecule has 0 aliphatic rings. The van der Waals surface area contributed by atoms with Gasteiger partial charge in [0.1, 0.15) is 5.82 Å². The summed E-state index contributed by atoms with van der Waals surface area (Å²) in [5.74, 6) is -0.269. The molecule has 0 spiro atoms. The maximum absolute atomic E-state index is 13.5. The number of halogens is 2. The number of hydrogen-bond acceptors (Lipinski definition) is 2. The Morgan fingerprint density at radius 3 is 2.63 bits per heavy atom. The van der Waals surface area contributed by atoms with Crippen molar-refractivity contribution < 1.29 is 9.13 Å².